The number of guanidine groups is 1. The van der Waals surface area contributed by atoms with Crippen molar-refractivity contribution >= 4 is 5.96 Å². The highest BCUT2D eigenvalue weighted by molar-refractivity contribution is 5.80. The number of nitrogens with one attached hydrogen (secondary N) is 2. The van der Waals surface area contributed by atoms with Crippen molar-refractivity contribution in [3.63, 3.8) is 0 Å². The van der Waals surface area contributed by atoms with Crippen LogP contribution in [0.3, 0.4) is 0 Å². The third kappa shape index (κ3) is 5.26. The summed E-state index contributed by atoms with van der Waals surface area (Å²) in [5, 5.41) is 7.25. The maximum Gasteiger partial charge on any atom is 0.191 e. The number of piperidine rings is 1. The Morgan fingerprint density at radius 3 is 2.46 bits per heavy atom. The summed E-state index contributed by atoms with van der Waals surface area (Å²) in [4.78, 5) is 9.64. The van der Waals surface area contributed by atoms with Crippen LogP contribution in [0.2, 0.25) is 0 Å². The molecule has 0 saturated carbocycles. The normalized spacial score (nSPS) is 20.3. The number of fused-ring (bicyclic) bond motifs is 1. The van der Waals surface area contributed by atoms with E-state index in [0.29, 0.717) is 12.1 Å². The zero-order chi connectivity index (χ0) is 20.1. The second-order valence-corrected chi connectivity index (χ2v) is 9.23. The van der Waals surface area contributed by atoms with Crippen LogP contribution in [0.25, 0.3) is 0 Å². The number of likely N-dealkylation sites (tertiary alicyclic amines) is 1. The minimum Gasteiger partial charge on any atom is -0.355 e. The average molecular weight is 386 g/mol. The van der Waals surface area contributed by atoms with Gasteiger partial charge in [0.25, 0.3) is 0 Å². The summed E-state index contributed by atoms with van der Waals surface area (Å²) in [6.45, 7) is 14.6. The Labute approximate surface area is 171 Å². The second kappa shape index (κ2) is 9.27. The van der Waals surface area contributed by atoms with E-state index in [1.54, 1.807) is 0 Å². The van der Waals surface area contributed by atoms with Crippen LogP contribution >= 0.6 is 0 Å². The van der Waals surface area contributed by atoms with E-state index < -0.39 is 0 Å². The summed E-state index contributed by atoms with van der Waals surface area (Å²) >= 11 is 0. The zero-order valence-corrected chi connectivity index (χ0v) is 18.5. The summed E-state index contributed by atoms with van der Waals surface area (Å²) in [7, 11) is 1.88. The number of hydrogen-bond donors (Lipinski definition) is 2. The molecule has 0 amide bonds. The fourth-order valence-corrected chi connectivity index (χ4v) is 4.37. The number of rotatable bonds is 5. The molecule has 0 atom stereocenters. The van der Waals surface area contributed by atoms with Gasteiger partial charge in [-0.25, -0.2) is 0 Å². The van der Waals surface area contributed by atoms with Gasteiger partial charge in [-0.1, -0.05) is 24.3 Å². The molecule has 0 aromatic heterocycles. The molecule has 2 heterocycles. The molecule has 5 nitrogen and oxygen atoms in total. The Hall–Kier alpha value is -1.59. The van der Waals surface area contributed by atoms with E-state index in [1.165, 1.54) is 37.1 Å². The molecule has 0 unspecified atom stereocenters. The smallest absolute Gasteiger partial charge is 0.191 e. The molecule has 156 valence electrons. The Morgan fingerprint density at radius 1 is 1.14 bits per heavy atom. The maximum atomic E-state index is 4.48. The van der Waals surface area contributed by atoms with Crippen molar-refractivity contribution in [2.75, 3.05) is 33.2 Å². The van der Waals surface area contributed by atoms with Crippen LogP contribution in [0, 0.1) is 0 Å². The molecular formula is C23H39N5. The van der Waals surface area contributed by atoms with E-state index in [1.807, 2.05) is 7.05 Å². The van der Waals surface area contributed by atoms with E-state index in [2.05, 4.69) is 77.4 Å². The fourth-order valence-electron chi connectivity index (χ4n) is 4.37. The van der Waals surface area contributed by atoms with Crippen LogP contribution in [-0.2, 0) is 13.0 Å². The van der Waals surface area contributed by atoms with Gasteiger partial charge in [0.15, 0.2) is 5.96 Å². The van der Waals surface area contributed by atoms with Gasteiger partial charge in [-0.3, -0.25) is 9.89 Å². The molecule has 1 aromatic rings. The van der Waals surface area contributed by atoms with Gasteiger partial charge in [-0.2, -0.15) is 0 Å². The van der Waals surface area contributed by atoms with Crippen molar-refractivity contribution in [2.45, 2.75) is 71.1 Å². The third-order valence-electron chi connectivity index (χ3n) is 6.50. The molecule has 28 heavy (non-hydrogen) atoms. The fraction of sp³-hybridized carbons (Fsp3) is 0.696. The first kappa shape index (κ1) is 21.1. The van der Waals surface area contributed by atoms with Gasteiger partial charge < -0.3 is 15.5 Å². The molecule has 2 aliphatic rings. The first-order valence-corrected chi connectivity index (χ1v) is 10.9. The van der Waals surface area contributed by atoms with Crippen molar-refractivity contribution in [3.05, 3.63) is 35.4 Å². The minimum atomic E-state index is 0.0756. The Bertz CT molecular complexity index is 659. The van der Waals surface area contributed by atoms with E-state index in [-0.39, 0.29) is 5.54 Å². The molecule has 1 fully saturated rings. The predicted octanol–water partition coefficient (Wildman–Crippen LogP) is 2.86. The number of hydrogen-bond acceptors (Lipinski definition) is 3. The Balaban J connectivity index is 1.49. The quantitative estimate of drug-likeness (QED) is 0.604. The molecule has 2 aliphatic heterocycles. The van der Waals surface area contributed by atoms with Crippen molar-refractivity contribution in [2.24, 2.45) is 4.99 Å². The molecule has 0 bridgehead atoms. The van der Waals surface area contributed by atoms with Crippen molar-refractivity contribution in [1.29, 1.82) is 0 Å². The molecule has 5 heteroatoms. The number of aliphatic imine (C=N–C) groups is 1. The largest absolute Gasteiger partial charge is 0.355 e. The van der Waals surface area contributed by atoms with E-state index in [9.17, 15) is 0 Å². The second-order valence-electron chi connectivity index (χ2n) is 9.23. The molecule has 1 aromatic carbocycles. The van der Waals surface area contributed by atoms with Crippen LogP contribution in [0.15, 0.2) is 29.3 Å². The molecule has 0 spiro atoms. The summed E-state index contributed by atoms with van der Waals surface area (Å²) < 4.78 is 0. The summed E-state index contributed by atoms with van der Waals surface area (Å²) in [5.41, 5.74) is 3.06. The lowest BCUT2D eigenvalue weighted by atomic mass is 9.94. The maximum absolute atomic E-state index is 4.48. The highest BCUT2D eigenvalue weighted by atomic mass is 15.3. The molecule has 0 aliphatic carbocycles. The highest BCUT2D eigenvalue weighted by Gasteiger charge is 2.30. The first-order valence-electron chi connectivity index (χ1n) is 10.9. The van der Waals surface area contributed by atoms with Gasteiger partial charge in [0.05, 0.1) is 0 Å². The lowest BCUT2D eigenvalue weighted by molar-refractivity contribution is 0.107. The van der Waals surface area contributed by atoms with Gasteiger partial charge in [-0.15, -0.1) is 0 Å². The van der Waals surface area contributed by atoms with Crippen molar-refractivity contribution in [1.82, 2.24) is 20.4 Å². The van der Waals surface area contributed by atoms with Crippen molar-refractivity contribution < 1.29 is 0 Å². The third-order valence-corrected chi connectivity index (χ3v) is 6.50. The number of nitrogens with zero attached hydrogens (tertiary/aromatic N) is 3. The van der Waals surface area contributed by atoms with Gasteiger partial charge in [0.1, 0.15) is 0 Å². The molecule has 1 saturated heterocycles. The highest BCUT2D eigenvalue weighted by Crippen LogP contribution is 2.25. The standard InChI is InChI=1S/C23H39N5/c1-18(2)27-13-11-21(12-14-27)26-22(24-5)25-17-23(3,4)28-15-10-19-8-6-7-9-20(19)16-28/h6-9,18,21H,10-17H2,1-5H3,(H2,24,25,26). The monoisotopic (exact) mass is 385 g/mol. The lowest BCUT2D eigenvalue weighted by Gasteiger charge is -2.42. The molecular weight excluding hydrogens is 346 g/mol. The van der Waals surface area contributed by atoms with E-state index in [0.717, 1.165) is 32.0 Å². The Morgan fingerprint density at radius 2 is 1.82 bits per heavy atom. The van der Waals surface area contributed by atoms with Crippen molar-refractivity contribution in [3.8, 4) is 0 Å². The van der Waals surface area contributed by atoms with Gasteiger partial charge in [0.2, 0.25) is 0 Å². The minimum absolute atomic E-state index is 0.0756. The van der Waals surface area contributed by atoms with Crippen LogP contribution in [0.4, 0.5) is 0 Å². The summed E-state index contributed by atoms with van der Waals surface area (Å²) in [6, 6.07) is 10.0. The summed E-state index contributed by atoms with van der Waals surface area (Å²) in [6.07, 6.45) is 3.51. The van der Waals surface area contributed by atoms with Crippen LogP contribution in [0.1, 0.15) is 51.7 Å². The van der Waals surface area contributed by atoms with Gasteiger partial charge in [-0.05, 0) is 58.1 Å². The van der Waals surface area contributed by atoms with Crippen LogP contribution < -0.4 is 10.6 Å². The molecule has 3 rings (SSSR count). The SMILES string of the molecule is CN=C(NCC(C)(C)N1CCc2ccccc2C1)NC1CCN(C(C)C)CC1. The van der Waals surface area contributed by atoms with Crippen LogP contribution in [0.5, 0.6) is 0 Å². The molecule has 2 N–H and O–H groups in total. The van der Waals surface area contributed by atoms with Crippen LogP contribution in [-0.4, -0.2) is 66.6 Å². The zero-order valence-electron chi connectivity index (χ0n) is 18.5. The average Bonchev–Trinajstić information content (AvgIpc) is 2.71. The number of benzene rings is 1. The van der Waals surface area contributed by atoms with E-state index >= 15 is 0 Å². The topological polar surface area (TPSA) is 42.9 Å². The first-order chi connectivity index (χ1) is 13.4. The predicted molar refractivity (Wildman–Crippen MR) is 119 cm³/mol. The van der Waals surface area contributed by atoms with Gasteiger partial charge >= 0.3 is 0 Å². The lowest BCUT2D eigenvalue weighted by Crippen LogP contribution is -2.56. The summed E-state index contributed by atoms with van der Waals surface area (Å²) in [5.74, 6) is 0.938. The molecule has 0 radical (unpaired) electrons. The van der Waals surface area contributed by atoms with E-state index in [4.69, 9.17) is 0 Å². The van der Waals surface area contributed by atoms with Gasteiger partial charge in [0, 0.05) is 57.4 Å². The Kier molecular flexibility index (Phi) is 7.00.